The molecule has 2 atom stereocenters. The molecular formula is C55H85NO9. The lowest BCUT2D eigenvalue weighted by atomic mass is 9.81. The average Bonchev–Trinajstić information content (AvgIpc) is 3.25. The van der Waals surface area contributed by atoms with Crippen molar-refractivity contribution in [1.29, 1.82) is 0 Å². The van der Waals surface area contributed by atoms with E-state index < -0.39 is 5.91 Å². The van der Waals surface area contributed by atoms with Crippen molar-refractivity contribution in [1.82, 2.24) is 5.32 Å². The van der Waals surface area contributed by atoms with Crippen LogP contribution in [0.1, 0.15) is 135 Å². The van der Waals surface area contributed by atoms with Gasteiger partial charge in [-0.15, -0.1) is 0 Å². The minimum Gasteiger partial charge on any atom is -0.491 e. The van der Waals surface area contributed by atoms with E-state index in [1.54, 1.807) is 25.1 Å². The van der Waals surface area contributed by atoms with E-state index in [1.807, 2.05) is 19.1 Å². The van der Waals surface area contributed by atoms with E-state index >= 15 is 0 Å². The highest BCUT2D eigenvalue weighted by atomic mass is 16.6. The van der Waals surface area contributed by atoms with Gasteiger partial charge >= 0.3 is 0 Å². The second-order valence-corrected chi connectivity index (χ2v) is 18.9. The second kappa shape index (κ2) is 31.8. The summed E-state index contributed by atoms with van der Waals surface area (Å²) in [5.41, 5.74) is 3.80. The molecule has 0 aliphatic rings. The molecule has 0 aromatic heterocycles. The van der Waals surface area contributed by atoms with Gasteiger partial charge in [-0.2, -0.15) is 0 Å². The van der Waals surface area contributed by atoms with Gasteiger partial charge in [-0.1, -0.05) is 137 Å². The molecular weight excluding hydrogens is 819 g/mol. The zero-order chi connectivity index (χ0) is 48.1. The van der Waals surface area contributed by atoms with Gasteiger partial charge in [-0.25, -0.2) is 0 Å². The fourth-order valence-electron chi connectivity index (χ4n) is 6.89. The summed E-state index contributed by atoms with van der Waals surface area (Å²) in [7, 11) is 0. The smallest absolute Gasteiger partial charge is 0.259 e. The minimum atomic E-state index is -0.529. The van der Waals surface area contributed by atoms with Gasteiger partial charge in [-0.3, -0.25) is 9.59 Å². The molecule has 0 aliphatic heterocycles. The standard InChI is InChI=1S/C55H85NO9/c1-13-18-45(22-21-42(4)14-2)46-23-25-47(26-24-46)64-39-37-62-35-33-60-31-29-59-30-32-61-34-36-63-38-40-65-51(50(55(10,11)12)27-28-54(7,8)9)41-44(6)56-53(58)48(15-3)52(57)49-20-17-16-19-43(49)5/h15-17,19-20,23-27,41-42,45H,6,13-14,18,21-22,28-40H2,1-5,7-12H3,(H,56,58)/b48-15+,50-27+,51-41+. The number of nitrogens with one attached hydrogen (secondary N) is 1. The SMILES string of the molecule is C=C(/C=C(OCCOCCOCCOCCOCCOCCOc1ccc(C(CCC)CCC(C)CC)cc1)\C(=C/CC(C)(C)C)C(C)(C)C)NC(=O)/C(=C/C)C(=O)c1ccccc1C. The van der Waals surface area contributed by atoms with Crippen LogP contribution >= 0.6 is 0 Å². The highest BCUT2D eigenvalue weighted by Crippen LogP contribution is 2.35. The van der Waals surface area contributed by atoms with E-state index in [-0.39, 0.29) is 28.8 Å². The Hall–Kier alpha value is -4.06. The molecule has 0 bridgehead atoms. The normalized spacial score (nSPS) is 13.7. The Morgan fingerprint density at radius 2 is 1.26 bits per heavy atom. The molecule has 0 spiro atoms. The van der Waals surface area contributed by atoms with Crippen LogP contribution < -0.4 is 10.1 Å². The number of rotatable bonds is 34. The molecule has 10 heteroatoms. The van der Waals surface area contributed by atoms with E-state index in [4.69, 9.17) is 33.2 Å². The molecule has 1 amide bonds. The van der Waals surface area contributed by atoms with Crippen molar-refractivity contribution in [3.8, 4) is 5.75 Å². The molecule has 0 aliphatic carbocycles. The molecule has 65 heavy (non-hydrogen) atoms. The van der Waals surface area contributed by atoms with E-state index in [1.165, 1.54) is 43.7 Å². The third kappa shape index (κ3) is 24.3. The maximum absolute atomic E-state index is 13.3. The number of aryl methyl sites for hydroxylation is 1. The number of amides is 1. The third-order valence-electron chi connectivity index (χ3n) is 10.9. The Kier molecular flexibility index (Phi) is 27.9. The third-order valence-corrected chi connectivity index (χ3v) is 10.9. The van der Waals surface area contributed by atoms with Gasteiger partial charge in [0.1, 0.15) is 24.7 Å². The number of allylic oxidation sites excluding steroid dienone is 4. The molecule has 2 rings (SSSR count). The highest BCUT2D eigenvalue weighted by Gasteiger charge is 2.25. The first kappa shape index (κ1) is 57.1. The number of ether oxygens (including phenoxy) is 7. The first-order chi connectivity index (χ1) is 31.0. The van der Waals surface area contributed by atoms with Crippen molar-refractivity contribution in [3.05, 3.63) is 113 Å². The van der Waals surface area contributed by atoms with Crippen molar-refractivity contribution in [2.24, 2.45) is 16.7 Å². The zero-order valence-electron chi connectivity index (χ0n) is 42.1. The fourth-order valence-corrected chi connectivity index (χ4v) is 6.89. The maximum Gasteiger partial charge on any atom is 0.259 e. The Morgan fingerprint density at radius 3 is 1.75 bits per heavy atom. The largest absolute Gasteiger partial charge is 0.491 e. The van der Waals surface area contributed by atoms with Gasteiger partial charge in [0.2, 0.25) is 0 Å². The molecule has 0 radical (unpaired) electrons. The molecule has 0 heterocycles. The van der Waals surface area contributed by atoms with Crippen molar-refractivity contribution in [2.45, 2.75) is 121 Å². The maximum atomic E-state index is 13.3. The highest BCUT2D eigenvalue weighted by molar-refractivity contribution is 6.26. The van der Waals surface area contributed by atoms with E-state index in [9.17, 15) is 9.59 Å². The van der Waals surface area contributed by atoms with Crippen LogP contribution in [0.2, 0.25) is 0 Å². The van der Waals surface area contributed by atoms with Gasteiger partial charge in [0.25, 0.3) is 5.91 Å². The van der Waals surface area contributed by atoms with Gasteiger partial charge < -0.3 is 38.5 Å². The molecule has 0 fully saturated rings. The first-order valence-electron chi connectivity index (χ1n) is 23.9. The van der Waals surface area contributed by atoms with Crippen molar-refractivity contribution >= 4 is 11.7 Å². The van der Waals surface area contributed by atoms with Crippen LogP contribution in [0.3, 0.4) is 0 Å². The van der Waals surface area contributed by atoms with Crippen LogP contribution in [0, 0.1) is 23.7 Å². The number of hydrogen-bond acceptors (Lipinski definition) is 9. The topological polar surface area (TPSA) is 111 Å². The van der Waals surface area contributed by atoms with E-state index in [2.05, 4.69) is 105 Å². The van der Waals surface area contributed by atoms with Crippen molar-refractivity contribution in [2.75, 3.05) is 79.3 Å². The monoisotopic (exact) mass is 904 g/mol. The van der Waals surface area contributed by atoms with Gasteiger partial charge in [0, 0.05) is 17.3 Å². The molecule has 0 saturated heterocycles. The lowest BCUT2D eigenvalue weighted by molar-refractivity contribution is -0.116. The summed E-state index contributed by atoms with van der Waals surface area (Å²) in [6.07, 6.45) is 12.5. The molecule has 2 aromatic carbocycles. The minimum absolute atomic E-state index is 0.0433. The summed E-state index contributed by atoms with van der Waals surface area (Å²) in [6.45, 7) is 32.7. The summed E-state index contributed by atoms with van der Waals surface area (Å²) in [5.74, 6) is 1.99. The Balaban J connectivity index is 1.66. The number of hydrogen-bond donors (Lipinski definition) is 1. The van der Waals surface area contributed by atoms with Crippen LogP contribution in [0.4, 0.5) is 0 Å². The number of benzene rings is 2. The van der Waals surface area contributed by atoms with Gasteiger partial charge in [0.15, 0.2) is 5.78 Å². The Bertz CT molecular complexity index is 1760. The predicted octanol–water partition coefficient (Wildman–Crippen LogP) is 11.9. The lowest BCUT2D eigenvalue weighted by Gasteiger charge is -2.27. The Morgan fingerprint density at radius 1 is 0.723 bits per heavy atom. The van der Waals surface area contributed by atoms with Crippen molar-refractivity contribution in [3.63, 3.8) is 0 Å². The van der Waals surface area contributed by atoms with Crippen LogP contribution in [0.5, 0.6) is 5.75 Å². The first-order valence-corrected chi connectivity index (χ1v) is 23.9. The van der Waals surface area contributed by atoms with Crippen LogP contribution in [-0.2, 0) is 33.2 Å². The predicted molar refractivity (Wildman–Crippen MR) is 265 cm³/mol. The molecule has 2 aromatic rings. The molecule has 0 saturated carbocycles. The van der Waals surface area contributed by atoms with Gasteiger partial charge in [0.05, 0.1) is 71.6 Å². The summed E-state index contributed by atoms with van der Waals surface area (Å²) < 4.78 is 40.6. The number of carbonyl (C=O) groups is 2. The molecule has 2 unspecified atom stereocenters. The van der Waals surface area contributed by atoms with E-state index in [0.29, 0.717) is 95.6 Å². The quantitative estimate of drug-likeness (QED) is 0.0140. The summed E-state index contributed by atoms with van der Waals surface area (Å²) in [6, 6.07) is 15.8. The second-order valence-electron chi connectivity index (χ2n) is 18.9. The number of ketones is 1. The number of Topliss-reactive ketones (excluding diaryl/α,β-unsaturated/α-hetero) is 1. The Labute approximate surface area is 393 Å². The van der Waals surface area contributed by atoms with Crippen LogP contribution in [-0.4, -0.2) is 91.0 Å². The lowest BCUT2D eigenvalue weighted by Crippen LogP contribution is -2.28. The van der Waals surface area contributed by atoms with Gasteiger partial charge in [-0.05, 0) is 84.6 Å². The molecule has 364 valence electrons. The van der Waals surface area contributed by atoms with Crippen molar-refractivity contribution < 1.29 is 42.7 Å². The average molecular weight is 904 g/mol. The number of carbonyl (C=O) groups excluding carboxylic acids is 2. The fraction of sp³-hybridized carbons (Fsp3) is 0.600. The van der Waals surface area contributed by atoms with E-state index in [0.717, 1.165) is 29.2 Å². The van der Waals surface area contributed by atoms with Crippen LogP contribution in [0.15, 0.2) is 95.9 Å². The summed E-state index contributed by atoms with van der Waals surface area (Å²) in [4.78, 5) is 26.6. The molecule has 1 N–H and O–H groups in total. The summed E-state index contributed by atoms with van der Waals surface area (Å²) in [5, 5.41) is 2.80. The molecule has 10 nitrogen and oxygen atoms in total. The zero-order valence-corrected chi connectivity index (χ0v) is 42.1. The summed E-state index contributed by atoms with van der Waals surface area (Å²) >= 11 is 0. The van der Waals surface area contributed by atoms with Crippen LogP contribution in [0.25, 0.3) is 0 Å².